The van der Waals surface area contributed by atoms with Crippen molar-refractivity contribution in [2.75, 3.05) is 26.2 Å². The zero-order valence-corrected chi connectivity index (χ0v) is 14.1. The Kier molecular flexibility index (Phi) is 5.57. The number of rotatable bonds is 5. The van der Waals surface area contributed by atoms with E-state index in [9.17, 15) is 8.42 Å². The summed E-state index contributed by atoms with van der Waals surface area (Å²) in [5.41, 5.74) is 1.17. The van der Waals surface area contributed by atoms with Crippen LogP contribution in [0.2, 0.25) is 0 Å². The van der Waals surface area contributed by atoms with E-state index in [0.717, 1.165) is 17.7 Å². The summed E-state index contributed by atoms with van der Waals surface area (Å²) in [5, 5.41) is 8.96. The molecular weight excluding hydrogens is 298 g/mol. The van der Waals surface area contributed by atoms with E-state index in [4.69, 9.17) is 5.26 Å². The van der Waals surface area contributed by atoms with E-state index in [2.05, 4.69) is 13.0 Å². The maximum absolute atomic E-state index is 12.7. The molecule has 0 radical (unpaired) electrons. The smallest absolute Gasteiger partial charge is 0.243 e. The van der Waals surface area contributed by atoms with Gasteiger partial charge in [0, 0.05) is 6.92 Å². The van der Waals surface area contributed by atoms with Crippen molar-refractivity contribution in [2.45, 2.75) is 37.6 Å². The van der Waals surface area contributed by atoms with Gasteiger partial charge < -0.3 is 4.90 Å². The average molecular weight is 322 g/mol. The van der Waals surface area contributed by atoms with Crippen LogP contribution < -0.4 is 4.90 Å². The van der Waals surface area contributed by atoms with Crippen LogP contribution in [0.3, 0.4) is 0 Å². The van der Waals surface area contributed by atoms with E-state index in [-0.39, 0.29) is 6.04 Å². The van der Waals surface area contributed by atoms with Crippen LogP contribution in [0, 0.1) is 11.3 Å². The minimum atomic E-state index is -3.41. The monoisotopic (exact) mass is 322 g/mol. The summed E-state index contributed by atoms with van der Waals surface area (Å²) in [6.07, 6.45) is 2.02. The highest BCUT2D eigenvalue weighted by Gasteiger charge is 2.32. The lowest BCUT2D eigenvalue weighted by molar-refractivity contribution is -0.918. The van der Waals surface area contributed by atoms with Crippen LogP contribution in [-0.4, -0.2) is 44.9 Å². The molecule has 1 aliphatic rings. The number of piperazine rings is 1. The summed E-state index contributed by atoms with van der Waals surface area (Å²) in [4.78, 5) is 1.52. The van der Waals surface area contributed by atoms with E-state index < -0.39 is 10.0 Å². The van der Waals surface area contributed by atoms with Gasteiger partial charge in [-0.2, -0.15) is 9.57 Å². The molecular formula is C16H24N3O2S+. The predicted octanol–water partition coefficient (Wildman–Crippen LogP) is 0.440. The Hall–Kier alpha value is -1.42. The second-order valence-electron chi connectivity index (χ2n) is 5.81. The van der Waals surface area contributed by atoms with Crippen molar-refractivity contribution in [1.82, 2.24) is 4.31 Å². The summed E-state index contributed by atoms with van der Waals surface area (Å²) >= 11 is 0. The third-order valence-corrected chi connectivity index (χ3v) is 6.18. The first-order valence-electron chi connectivity index (χ1n) is 7.82. The quantitative estimate of drug-likeness (QED) is 0.855. The summed E-state index contributed by atoms with van der Waals surface area (Å²) in [6.45, 7) is 6.30. The van der Waals surface area contributed by atoms with Gasteiger partial charge in [-0.15, -0.1) is 0 Å². The third-order valence-electron chi connectivity index (χ3n) is 4.27. The molecule has 0 unspecified atom stereocenters. The van der Waals surface area contributed by atoms with Gasteiger partial charge in [-0.05, 0) is 24.1 Å². The molecule has 1 atom stereocenters. The Labute approximate surface area is 133 Å². The Morgan fingerprint density at radius 1 is 1.27 bits per heavy atom. The van der Waals surface area contributed by atoms with Crippen LogP contribution in [0.25, 0.3) is 0 Å². The zero-order chi connectivity index (χ0) is 16.2. The first-order chi connectivity index (χ1) is 10.5. The van der Waals surface area contributed by atoms with E-state index in [1.165, 1.54) is 9.87 Å². The molecule has 1 aromatic rings. The van der Waals surface area contributed by atoms with Crippen molar-refractivity contribution in [2.24, 2.45) is 0 Å². The lowest BCUT2D eigenvalue weighted by atomic mass is 10.1. The van der Waals surface area contributed by atoms with Gasteiger partial charge in [0.25, 0.3) is 0 Å². The van der Waals surface area contributed by atoms with Crippen molar-refractivity contribution in [3.8, 4) is 6.07 Å². The topological polar surface area (TPSA) is 65.6 Å². The summed E-state index contributed by atoms with van der Waals surface area (Å²) in [6, 6.07) is 9.36. The SMILES string of the molecule is CCCc1ccc(S(=O)(=O)N2CC[NH+]([C@H](C)C#N)CC2)cc1. The van der Waals surface area contributed by atoms with Gasteiger partial charge in [0.05, 0.1) is 31.1 Å². The minimum Gasteiger partial charge on any atom is -0.319 e. The number of sulfonamides is 1. The van der Waals surface area contributed by atoms with Crippen LogP contribution in [0.15, 0.2) is 29.2 Å². The largest absolute Gasteiger partial charge is 0.319 e. The van der Waals surface area contributed by atoms with Crippen molar-refractivity contribution in [3.05, 3.63) is 29.8 Å². The van der Waals surface area contributed by atoms with Crippen LogP contribution in [0.5, 0.6) is 0 Å². The molecule has 120 valence electrons. The number of quaternary nitrogens is 1. The molecule has 22 heavy (non-hydrogen) atoms. The number of hydrogen-bond donors (Lipinski definition) is 1. The molecule has 1 heterocycles. The Morgan fingerprint density at radius 3 is 2.36 bits per heavy atom. The molecule has 0 bridgehead atoms. The van der Waals surface area contributed by atoms with E-state index >= 15 is 0 Å². The zero-order valence-electron chi connectivity index (χ0n) is 13.2. The molecule has 0 aliphatic carbocycles. The fourth-order valence-electron chi connectivity index (χ4n) is 2.80. The van der Waals surface area contributed by atoms with Crippen LogP contribution in [0.1, 0.15) is 25.8 Å². The molecule has 0 aromatic heterocycles. The van der Waals surface area contributed by atoms with Gasteiger partial charge in [0.15, 0.2) is 6.04 Å². The van der Waals surface area contributed by atoms with E-state index in [0.29, 0.717) is 31.1 Å². The Balaban J connectivity index is 2.07. The maximum atomic E-state index is 12.7. The van der Waals surface area contributed by atoms with Crippen molar-refractivity contribution in [1.29, 1.82) is 5.26 Å². The number of nitriles is 1. The highest BCUT2D eigenvalue weighted by molar-refractivity contribution is 7.89. The molecule has 6 heteroatoms. The summed E-state index contributed by atoms with van der Waals surface area (Å²) < 4.78 is 26.8. The normalized spacial score (nSPS) is 18.8. The standard InChI is InChI=1S/C16H23N3O2S/c1-3-4-15-5-7-16(8-6-15)22(20,21)19-11-9-18(10-12-19)14(2)13-17/h5-8,14H,3-4,9-12H2,1-2H3/p+1/t14-/m1/s1. The minimum absolute atomic E-state index is 0.0850. The van der Waals surface area contributed by atoms with Crippen molar-refractivity contribution >= 4 is 10.0 Å². The fourth-order valence-corrected chi connectivity index (χ4v) is 4.25. The van der Waals surface area contributed by atoms with Gasteiger partial charge in [-0.1, -0.05) is 25.5 Å². The van der Waals surface area contributed by atoms with Crippen molar-refractivity contribution < 1.29 is 13.3 Å². The molecule has 1 N–H and O–H groups in total. The lowest BCUT2D eigenvalue weighted by Gasteiger charge is -2.32. The first-order valence-corrected chi connectivity index (χ1v) is 9.26. The van der Waals surface area contributed by atoms with E-state index in [1.807, 2.05) is 19.1 Å². The Bertz CT molecular complexity index is 626. The molecule has 0 spiro atoms. The van der Waals surface area contributed by atoms with Crippen LogP contribution in [-0.2, 0) is 16.4 Å². The maximum Gasteiger partial charge on any atom is 0.243 e. The van der Waals surface area contributed by atoms with Gasteiger partial charge >= 0.3 is 0 Å². The number of hydrogen-bond acceptors (Lipinski definition) is 3. The molecule has 0 saturated carbocycles. The molecule has 1 aliphatic heterocycles. The van der Waals surface area contributed by atoms with Crippen molar-refractivity contribution in [3.63, 3.8) is 0 Å². The summed E-state index contributed by atoms with van der Waals surface area (Å²) in [7, 11) is -3.41. The van der Waals surface area contributed by atoms with Gasteiger partial charge in [0.2, 0.25) is 10.0 Å². The van der Waals surface area contributed by atoms with Gasteiger partial charge in [0.1, 0.15) is 6.07 Å². The van der Waals surface area contributed by atoms with Gasteiger partial charge in [-0.25, -0.2) is 8.42 Å². The Morgan fingerprint density at radius 2 is 1.86 bits per heavy atom. The third kappa shape index (κ3) is 3.67. The molecule has 1 saturated heterocycles. The number of aryl methyl sites for hydroxylation is 1. The number of nitrogens with zero attached hydrogens (tertiary/aromatic N) is 2. The van der Waals surface area contributed by atoms with E-state index in [1.54, 1.807) is 12.1 Å². The molecule has 1 fully saturated rings. The fraction of sp³-hybridized carbons (Fsp3) is 0.562. The molecule has 1 aromatic carbocycles. The lowest BCUT2D eigenvalue weighted by Crippen LogP contribution is -3.17. The number of nitrogens with one attached hydrogen (secondary N) is 1. The molecule has 2 rings (SSSR count). The predicted molar refractivity (Wildman–Crippen MR) is 85.0 cm³/mol. The second kappa shape index (κ2) is 7.23. The van der Waals surface area contributed by atoms with Crippen LogP contribution >= 0.6 is 0 Å². The van der Waals surface area contributed by atoms with Crippen LogP contribution in [0.4, 0.5) is 0 Å². The number of benzene rings is 1. The highest BCUT2D eigenvalue weighted by Crippen LogP contribution is 2.17. The molecule has 5 nitrogen and oxygen atoms in total. The molecule has 0 amide bonds. The average Bonchev–Trinajstić information content (AvgIpc) is 2.55. The van der Waals surface area contributed by atoms with Gasteiger partial charge in [-0.3, -0.25) is 0 Å². The first kappa shape index (κ1) is 16.9. The highest BCUT2D eigenvalue weighted by atomic mass is 32.2. The summed E-state index contributed by atoms with van der Waals surface area (Å²) in [5.74, 6) is 0. The second-order valence-corrected chi connectivity index (χ2v) is 7.75.